The Hall–Kier alpha value is -1.05. The van der Waals surface area contributed by atoms with Gasteiger partial charge in [0.25, 0.3) is 0 Å². The van der Waals surface area contributed by atoms with E-state index in [-0.39, 0.29) is 0 Å². The van der Waals surface area contributed by atoms with Crippen LogP contribution in [0.25, 0.3) is 0 Å². The van der Waals surface area contributed by atoms with Gasteiger partial charge in [-0.1, -0.05) is 50.0 Å². The van der Waals surface area contributed by atoms with Crippen molar-refractivity contribution in [3.05, 3.63) is 23.8 Å². The Morgan fingerprint density at radius 2 is 1.58 bits per heavy atom. The van der Waals surface area contributed by atoms with E-state index in [0.29, 0.717) is 6.42 Å². The molecule has 0 aromatic heterocycles. The third kappa shape index (κ3) is 14.9. The van der Waals surface area contributed by atoms with Gasteiger partial charge >= 0.3 is 5.97 Å². The number of carboxylic acids is 1. The van der Waals surface area contributed by atoms with Crippen molar-refractivity contribution in [2.75, 3.05) is 0 Å². The molecule has 0 unspecified atom stereocenters. The molecule has 0 atom stereocenters. The van der Waals surface area contributed by atoms with Gasteiger partial charge in [-0.05, 0) is 45.4 Å². The van der Waals surface area contributed by atoms with Crippen LogP contribution >= 0.6 is 0 Å². The van der Waals surface area contributed by atoms with Gasteiger partial charge < -0.3 is 5.11 Å². The smallest absolute Gasteiger partial charge is 0.303 e. The monoisotopic (exact) mass is 266 g/mol. The first kappa shape index (κ1) is 17.9. The highest BCUT2D eigenvalue weighted by Crippen LogP contribution is 2.08. The third-order valence-electron chi connectivity index (χ3n) is 3.31. The van der Waals surface area contributed by atoms with Gasteiger partial charge in [-0.2, -0.15) is 0 Å². The van der Waals surface area contributed by atoms with Crippen molar-refractivity contribution in [2.45, 2.75) is 78.1 Å². The van der Waals surface area contributed by atoms with Gasteiger partial charge in [0.1, 0.15) is 0 Å². The SMILES string of the molecule is CCC(C)=CCCC=CCCCCCCCC(=O)O. The van der Waals surface area contributed by atoms with Crippen molar-refractivity contribution in [2.24, 2.45) is 0 Å². The summed E-state index contributed by atoms with van der Waals surface area (Å²) in [6.07, 6.45) is 17.3. The number of rotatable bonds is 12. The minimum absolute atomic E-state index is 0.324. The average molecular weight is 266 g/mol. The molecule has 0 saturated heterocycles. The second kappa shape index (κ2) is 13.4. The lowest BCUT2D eigenvalue weighted by Crippen LogP contribution is -1.93. The van der Waals surface area contributed by atoms with E-state index in [1.807, 2.05) is 0 Å². The van der Waals surface area contributed by atoms with Crippen LogP contribution in [0.5, 0.6) is 0 Å². The van der Waals surface area contributed by atoms with Crippen LogP contribution in [0.15, 0.2) is 23.8 Å². The Balaban J connectivity index is 3.23. The molecule has 0 aliphatic heterocycles. The molecule has 0 bridgehead atoms. The normalized spacial score (nSPS) is 12.2. The average Bonchev–Trinajstić information content (AvgIpc) is 2.39. The van der Waals surface area contributed by atoms with Crippen LogP contribution in [0.3, 0.4) is 0 Å². The van der Waals surface area contributed by atoms with Crippen molar-refractivity contribution < 1.29 is 9.90 Å². The number of unbranched alkanes of at least 4 members (excludes halogenated alkanes) is 6. The maximum Gasteiger partial charge on any atom is 0.303 e. The predicted octanol–water partition coefficient (Wildman–Crippen LogP) is 5.49. The molecule has 0 heterocycles. The quantitative estimate of drug-likeness (QED) is 0.374. The van der Waals surface area contributed by atoms with Gasteiger partial charge in [0, 0.05) is 6.42 Å². The molecular formula is C17H30O2. The van der Waals surface area contributed by atoms with E-state index in [1.165, 1.54) is 24.8 Å². The zero-order valence-corrected chi connectivity index (χ0v) is 12.7. The zero-order chi connectivity index (χ0) is 14.3. The van der Waals surface area contributed by atoms with Gasteiger partial charge in [0.05, 0.1) is 0 Å². The molecule has 2 heteroatoms. The van der Waals surface area contributed by atoms with Crippen molar-refractivity contribution in [3.63, 3.8) is 0 Å². The highest BCUT2D eigenvalue weighted by molar-refractivity contribution is 5.66. The summed E-state index contributed by atoms with van der Waals surface area (Å²) in [5.41, 5.74) is 1.48. The summed E-state index contributed by atoms with van der Waals surface area (Å²) in [4.78, 5) is 10.3. The van der Waals surface area contributed by atoms with Crippen LogP contribution in [-0.2, 0) is 4.79 Å². The first-order valence-corrected chi connectivity index (χ1v) is 7.69. The van der Waals surface area contributed by atoms with Gasteiger partial charge in [-0.15, -0.1) is 0 Å². The number of allylic oxidation sites excluding steroid dienone is 4. The van der Waals surface area contributed by atoms with E-state index in [0.717, 1.165) is 38.5 Å². The summed E-state index contributed by atoms with van der Waals surface area (Å²) < 4.78 is 0. The van der Waals surface area contributed by atoms with Gasteiger partial charge in [-0.3, -0.25) is 4.79 Å². The Morgan fingerprint density at radius 1 is 0.947 bits per heavy atom. The second-order valence-electron chi connectivity index (χ2n) is 5.15. The molecule has 19 heavy (non-hydrogen) atoms. The van der Waals surface area contributed by atoms with Crippen molar-refractivity contribution in [3.8, 4) is 0 Å². The number of carbonyl (C=O) groups is 1. The van der Waals surface area contributed by atoms with Crippen molar-refractivity contribution in [1.29, 1.82) is 0 Å². The standard InChI is InChI=1S/C17H30O2/c1-3-16(2)14-12-10-8-6-4-5-7-9-11-13-15-17(18)19/h6,8,14H,3-5,7,9-13,15H2,1-2H3,(H,18,19). The van der Waals surface area contributed by atoms with Crippen molar-refractivity contribution in [1.82, 2.24) is 0 Å². The highest BCUT2D eigenvalue weighted by atomic mass is 16.4. The topological polar surface area (TPSA) is 37.3 Å². The molecule has 2 nitrogen and oxygen atoms in total. The molecule has 0 fully saturated rings. The largest absolute Gasteiger partial charge is 0.481 e. The van der Waals surface area contributed by atoms with Crippen LogP contribution in [-0.4, -0.2) is 11.1 Å². The van der Waals surface area contributed by atoms with Crippen molar-refractivity contribution >= 4 is 5.97 Å². The maximum absolute atomic E-state index is 10.3. The third-order valence-corrected chi connectivity index (χ3v) is 3.31. The number of aliphatic carboxylic acids is 1. The molecule has 0 aromatic rings. The fourth-order valence-electron chi connectivity index (χ4n) is 1.87. The van der Waals surface area contributed by atoms with Gasteiger partial charge in [-0.25, -0.2) is 0 Å². The zero-order valence-electron chi connectivity index (χ0n) is 12.7. The first-order chi connectivity index (χ1) is 9.16. The van der Waals surface area contributed by atoms with E-state index in [9.17, 15) is 4.79 Å². The maximum atomic E-state index is 10.3. The lowest BCUT2D eigenvalue weighted by atomic mass is 10.1. The van der Waals surface area contributed by atoms with Crippen LogP contribution in [0.2, 0.25) is 0 Å². The minimum atomic E-state index is -0.671. The fraction of sp³-hybridized carbons (Fsp3) is 0.706. The second-order valence-corrected chi connectivity index (χ2v) is 5.15. The molecule has 0 saturated carbocycles. The molecule has 0 radical (unpaired) electrons. The Bertz CT molecular complexity index is 277. The summed E-state index contributed by atoms with van der Waals surface area (Å²) >= 11 is 0. The molecule has 0 aliphatic rings. The fourth-order valence-corrected chi connectivity index (χ4v) is 1.87. The molecular weight excluding hydrogens is 236 g/mol. The van der Waals surface area contributed by atoms with E-state index in [1.54, 1.807) is 0 Å². The Morgan fingerprint density at radius 3 is 2.26 bits per heavy atom. The number of hydrogen-bond donors (Lipinski definition) is 1. The van der Waals surface area contributed by atoms with Crippen LogP contribution in [0.1, 0.15) is 78.1 Å². The summed E-state index contributed by atoms with van der Waals surface area (Å²) in [7, 11) is 0. The van der Waals surface area contributed by atoms with Crippen LogP contribution in [0.4, 0.5) is 0 Å². The lowest BCUT2D eigenvalue weighted by Gasteiger charge is -1.98. The predicted molar refractivity (Wildman–Crippen MR) is 82.4 cm³/mol. The molecule has 0 aromatic carbocycles. The summed E-state index contributed by atoms with van der Waals surface area (Å²) in [5, 5.41) is 8.49. The summed E-state index contributed by atoms with van der Waals surface area (Å²) in [6, 6.07) is 0. The number of hydrogen-bond acceptors (Lipinski definition) is 1. The molecule has 0 rings (SSSR count). The number of carboxylic acid groups (broad SMARTS) is 1. The highest BCUT2D eigenvalue weighted by Gasteiger charge is 1.95. The van der Waals surface area contributed by atoms with E-state index >= 15 is 0 Å². The molecule has 110 valence electrons. The van der Waals surface area contributed by atoms with E-state index in [2.05, 4.69) is 32.1 Å². The van der Waals surface area contributed by atoms with Crippen LogP contribution < -0.4 is 0 Å². The summed E-state index contributed by atoms with van der Waals surface area (Å²) in [6.45, 7) is 4.38. The van der Waals surface area contributed by atoms with E-state index in [4.69, 9.17) is 5.11 Å². The Kier molecular flexibility index (Phi) is 12.6. The molecule has 0 spiro atoms. The van der Waals surface area contributed by atoms with E-state index < -0.39 is 5.97 Å². The van der Waals surface area contributed by atoms with Gasteiger partial charge in [0.15, 0.2) is 0 Å². The molecule has 0 amide bonds. The van der Waals surface area contributed by atoms with Crippen LogP contribution in [0, 0.1) is 0 Å². The Labute approximate surface area is 118 Å². The lowest BCUT2D eigenvalue weighted by molar-refractivity contribution is -0.137. The minimum Gasteiger partial charge on any atom is -0.481 e. The summed E-state index contributed by atoms with van der Waals surface area (Å²) in [5.74, 6) is -0.671. The molecule has 1 N–H and O–H groups in total. The molecule has 0 aliphatic carbocycles. The first-order valence-electron chi connectivity index (χ1n) is 7.69. The van der Waals surface area contributed by atoms with Gasteiger partial charge in [0.2, 0.25) is 0 Å².